The van der Waals surface area contributed by atoms with Crippen molar-refractivity contribution in [1.82, 2.24) is 0 Å². The lowest BCUT2D eigenvalue weighted by Crippen LogP contribution is -2.47. The summed E-state index contributed by atoms with van der Waals surface area (Å²) in [5, 5.41) is 0. The first-order chi connectivity index (χ1) is 23.3. The molecule has 2 heterocycles. The zero-order chi connectivity index (χ0) is 34.1. The highest BCUT2D eigenvalue weighted by Crippen LogP contribution is 2.78. The molecule has 2 aliphatic heterocycles. The number of alkyl halides is 6. The molecule has 0 nitrogen and oxygen atoms in total. The average Bonchev–Trinajstić information content (AvgIpc) is 3.62. The average molecular weight is 697 g/mol. The second-order valence-electron chi connectivity index (χ2n) is 13.2. The van der Waals surface area contributed by atoms with E-state index < -0.39 is 38.4 Å². The SMILES string of the molecule is C[C@@]12Sc3ccccc3C1=C1C(=C3c4ccc(-c5ccc(-c6ccccc6)cc5-c5ccccc5)cc4S[C@]32C)C(F)(F)C(F)(F)C1(F)F. The Morgan fingerprint density at radius 3 is 1.51 bits per heavy atom. The highest BCUT2D eigenvalue weighted by atomic mass is 32.2. The Morgan fingerprint density at radius 2 is 0.878 bits per heavy atom. The molecule has 0 amide bonds. The minimum Gasteiger partial charge on any atom is -0.194 e. The minimum absolute atomic E-state index is 0.125. The van der Waals surface area contributed by atoms with Crippen LogP contribution in [-0.2, 0) is 0 Å². The monoisotopic (exact) mass is 696 g/mol. The Kier molecular flexibility index (Phi) is 6.29. The number of allylic oxidation sites excluding steroid dienone is 2. The summed E-state index contributed by atoms with van der Waals surface area (Å²) in [6.07, 6.45) is 0. The van der Waals surface area contributed by atoms with Gasteiger partial charge in [0.2, 0.25) is 0 Å². The van der Waals surface area contributed by atoms with E-state index in [1.54, 1.807) is 50.2 Å². The minimum atomic E-state index is -5.60. The number of hydrogen-bond donors (Lipinski definition) is 0. The van der Waals surface area contributed by atoms with Crippen LogP contribution < -0.4 is 0 Å². The van der Waals surface area contributed by atoms with Crippen LogP contribution in [0.25, 0.3) is 44.5 Å². The van der Waals surface area contributed by atoms with Crippen LogP contribution in [-0.4, -0.2) is 27.3 Å². The van der Waals surface area contributed by atoms with Crippen LogP contribution in [0.2, 0.25) is 0 Å². The second-order valence-corrected chi connectivity index (χ2v) is 16.1. The molecule has 0 spiro atoms. The Labute approximate surface area is 288 Å². The van der Waals surface area contributed by atoms with Crippen molar-refractivity contribution in [3.63, 3.8) is 0 Å². The molecule has 4 aliphatic rings. The predicted molar refractivity (Wildman–Crippen MR) is 186 cm³/mol. The van der Waals surface area contributed by atoms with E-state index in [0.29, 0.717) is 15.4 Å². The maximum Gasteiger partial charge on any atom is 0.380 e. The van der Waals surface area contributed by atoms with Crippen LogP contribution in [0.3, 0.4) is 0 Å². The molecule has 1 fully saturated rings. The summed E-state index contributed by atoms with van der Waals surface area (Å²) < 4.78 is 92.2. The van der Waals surface area contributed by atoms with Gasteiger partial charge < -0.3 is 0 Å². The molecule has 244 valence electrons. The molecule has 9 rings (SSSR count). The molecule has 8 heteroatoms. The van der Waals surface area contributed by atoms with E-state index in [2.05, 4.69) is 6.07 Å². The Hall–Kier alpha value is -4.14. The predicted octanol–water partition coefficient (Wildman–Crippen LogP) is 12.6. The van der Waals surface area contributed by atoms with Gasteiger partial charge in [0.1, 0.15) is 0 Å². The first-order valence-corrected chi connectivity index (χ1v) is 17.5. The van der Waals surface area contributed by atoms with Crippen molar-refractivity contribution >= 4 is 34.7 Å². The molecule has 5 aromatic carbocycles. The summed E-state index contributed by atoms with van der Waals surface area (Å²) in [7, 11) is 0. The van der Waals surface area contributed by atoms with E-state index in [1.165, 1.54) is 23.5 Å². The van der Waals surface area contributed by atoms with Crippen molar-refractivity contribution in [1.29, 1.82) is 0 Å². The van der Waals surface area contributed by atoms with Gasteiger partial charge in [-0.1, -0.05) is 103 Å². The van der Waals surface area contributed by atoms with Gasteiger partial charge in [-0.05, 0) is 87.7 Å². The molecule has 5 aromatic rings. The molecule has 0 aromatic heterocycles. The summed E-state index contributed by atoms with van der Waals surface area (Å²) in [5.41, 5.74) is 3.58. The Morgan fingerprint density at radius 1 is 0.388 bits per heavy atom. The fourth-order valence-corrected chi connectivity index (χ4v) is 11.3. The van der Waals surface area contributed by atoms with E-state index in [9.17, 15) is 0 Å². The molecule has 0 bridgehead atoms. The van der Waals surface area contributed by atoms with E-state index in [4.69, 9.17) is 0 Å². The highest BCUT2D eigenvalue weighted by molar-refractivity contribution is 8.06. The van der Waals surface area contributed by atoms with Crippen LogP contribution in [0.1, 0.15) is 25.0 Å². The molecule has 1 saturated carbocycles. The molecule has 2 aliphatic carbocycles. The van der Waals surface area contributed by atoms with E-state index in [-0.39, 0.29) is 16.7 Å². The second kappa shape index (κ2) is 9.98. The van der Waals surface area contributed by atoms with Crippen LogP contribution in [0, 0.1) is 0 Å². The maximum absolute atomic E-state index is 16.0. The molecule has 0 saturated heterocycles. The van der Waals surface area contributed by atoms with Gasteiger partial charge in [-0.3, -0.25) is 0 Å². The van der Waals surface area contributed by atoms with Crippen molar-refractivity contribution in [2.75, 3.05) is 0 Å². The Bertz CT molecular complexity index is 2290. The summed E-state index contributed by atoms with van der Waals surface area (Å²) in [6.45, 7) is 3.47. The van der Waals surface area contributed by atoms with Gasteiger partial charge in [0.25, 0.3) is 0 Å². The van der Waals surface area contributed by atoms with Crippen LogP contribution in [0.4, 0.5) is 26.3 Å². The first kappa shape index (κ1) is 30.9. The normalized spacial score (nSPS) is 25.1. The lowest BCUT2D eigenvalue weighted by Gasteiger charge is -2.47. The van der Waals surface area contributed by atoms with Crippen molar-refractivity contribution < 1.29 is 26.3 Å². The number of benzene rings is 5. The van der Waals surface area contributed by atoms with Crippen LogP contribution in [0.15, 0.2) is 142 Å². The zero-order valence-corrected chi connectivity index (χ0v) is 27.8. The summed E-state index contributed by atoms with van der Waals surface area (Å²) in [6, 6.07) is 38.0. The van der Waals surface area contributed by atoms with Crippen LogP contribution in [0.5, 0.6) is 0 Å². The highest BCUT2D eigenvalue weighted by Gasteiger charge is 2.84. The quantitative estimate of drug-likeness (QED) is 0.172. The number of hydrogen-bond acceptors (Lipinski definition) is 2. The number of halogens is 6. The molecule has 0 N–H and O–H groups in total. The van der Waals surface area contributed by atoms with E-state index in [1.807, 2.05) is 78.9 Å². The van der Waals surface area contributed by atoms with Crippen molar-refractivity contribution in [3.05, 3.63) is 144 Å². The van der Waals surface area contributed by atoms with Crippen molar-refractivity contribution in [3.8, 4) is 33.4 Å². The first-order valence-electron chi connectivity index (χ1n) is 15.8. The number of fused-ring (bicyclic) bond motifs is 8. The topological polar surface area (TPSA) is 0 Å². The van der Waals surface area contributed by atoms with Crippen molar-refractivity contribution in [2.45, 2.75) is 50.9 Å². The third kappa shape index (κ3) is 3.82. The molecule has 0 radical (unpaired) electrons. The van der Waals surface area contributed by atoms with Crippen LogP contribution >= 0.6 is 23.5 Å². The summed E-state index contributed by atoms with van der Waals surface area (Å²) in [4.78, 5) is 1.19. The number of rotatable bonds is 3. The lowest BCUT2D eigenvalue weighted by atomic mass is 9.68. The summed E-state index contributed by atoms with van der Waals surface area (Å²) >= 11 is 2.57. The third-order valence-corrected chi connectivity index (χ3v) is 13.9. The fourth-order valence-electron chi connectivity index (χ4n) is 8.07. The van der Waals surface area contributed by atoms with Gasteiger partial charge >= 0.3 is 17.8 Å². The van der Waals surface area contributed by atoms with Crippen molar-refractivity contribution in [2.24, 2.45) is 0 Å². The van der Waals surface area contributed by atoms with Gasteiger partial charge in [-0.2, -0.15) is 26.3 Å². The standard InChI is InChI=1S/C41H26F6S2/c1-37-33(28-15-9-10-16-31(28)48-37)35-36(40(44,45)41(46,47)39(35,42)43)34-29-20-18-26(22-32(29)49-38(34,37)2)27-19-17-25(23-11-5-3-6-12-23)21-30(27)24-13-7-4-8-14-24/h3-22H,1-2H3/t37-,38-/m1/s1. The van der Waals surface area contributed by atoms with E-state index >= 15 is 26.3 Å². The lowest BCUT2D eigenvalue weighted by molar-refractivity contribution is -0.257. The van der Waals surface area contributed by atoms with Gasteiger partial charge in [-0.25, -0.2) is 0 Å². The Balaban J connectivity index is 1.28. The largest absolute Gasteiger partial charge is 0.380 e. The van der Waals surface area contributed by atoms with E-state index in [0.717, 1.165) is 33.4 Å². The number of thioether (sulfide) groups is 2. The van der Waals surface area contributed by atoms with Gasteiger partial charge in [0, 0.05) is 20.9 Å². The maximum atomic E-state index is 16.0. The van der Waals surface area contributed by atoms with Gasteiger partial charge in [-0.15, -0.1) is 23.5 Å². The fraction of sp³-hybridized carbons (Fsp3) is 0.171. The third-order valence-electron chi connectivity index (χ3n) is 10.6. The smallest absolute Gasteiger partial charge is 0.194 e. The van der Waals surface area contributed by atoms with Gasteiger partial charge in [0.05, 0.1) is 9.49 Å². The molecule has 49 heavy (non-hydrogen) atoms. The zero-order valence-electron chi connectivity index (χ0n) is 26.1. The van der Waals surface area contributed by atoms with Gasteiger partial charge in [0.15, 0.2) is 0 Å². The molecule has 2 atom stereocenters. The molecule has 0 unspecified atom stereocenters. The molecular weight excluding hydrogens is 671 g/mol. The summed E-state index contributed by atoms with van der Waals surface area (Å²) in [5.74, 6) is -15.8. The molecular formula is C41H26F6S2.